The minimum atomic E-state index is 0.553. The monoisotopic (exact) mass is 315 g/mol. The molecule has 0 unspecified atom stereocenters. The lowest BCUT2D eigenvalue weighted by Crippen LogP contribution is -2.02. The summed E-state index contributed by atoms with van der Waals surface area (Å²) in [6, 6.07) is 12.8. The minimum Gasteiger partial charge on any atom is -0.295 e. The number of hydrogen-bond acceptors (Lipinski definition) is 3. The minimum absolute atomic E-state index is 0.553. The van der Waals surface area contributed by atoms with E-state index in [9.17, 15) is 0 Å². The fraction of sp³-hybridized carbons (Fsp3) is 0.250. The molecule has 5 heteroatoms. The van der Waals surface area contributed by atoms with E-state index in [-0.39, 0.29) is 0 Å². The molecule has 0 saturated heterocycles. The van der Waals surface area contributed by atoms with Crippen molar-refractivity contribution in [2.45, 2.75) is 26.3 Å². The van der Waals surface area contributed by atoms with Gasteiger partial charge in [-0.2, -0.15) is 5.10 Å². The van der Waals surface area contributed by atoms with E-state index in [1.165, 1.54) is 11.1 Å². The van der Waals surface area contributed by atoms with Crippen LogP contribution in [0, 0.1) is 4.77 Å². The van der Waals surface area contributed by atoms with Crippen molar-refractivity contribution in [3.8, 4) is 10.7 Å². The summed E-state index contributed by atoms with van der Waals surface area (Å²) in [6.45, 7) is 5.15. The van der Waals surface area contributed by atoms with Gasteiger partial charge in [-0.3, -0.25) is 9.67 Å². The number of hydrogen-bond donors (Lipinski definition) is 1. The van der Waals surface area contributed by atoms with Crippen molar-refractivity contribution in [3.63, 3.8) is 0 Å². The summed E-state index contributed by atoms with van der Waals surface area (Å²) < 4.78 is 2.71. The van der Waals surface area contributed by atoms with Crippen LogP contribution in [-0.4, -0.2) is 14.8 Å². The van der Waals surface area contributed by atoms with Gasteiger partial charge < -0.3 is 0 Å². The summed E-state index contributed by atoms with van der Waals surface area (Å²) in [7, 11) is 0. The Kier molecular flexibility index (Phi) is 4.03. The zero-order valence-electron chi connectivity index (χ0n) is 12.0. The molecule has 0 bridgehead atoms. The number of aromatic nitrogens is 3. The predicted molar refractivity (Wildman–Crippen MR) is 90.4 cm³/mol. The topological polar surface area (TPSA) is 33.6 Å². The maximum absolute atomic E-state index is 5.36. The van der Waals surface area contributed by atoms with E-state index in [1.54, 1.807) is 11.3 Å². The van der Waals surface area contributed by atoms with E-state index in [4.69, 9.17) is 12.2 Å². The summed E-state index contributed by atoms with van der Waals surface area (Å²) in [5, 5.41) is 9.30. The molecular formula is C16H17N3S2. The molecule has 0 aliphatic heterocycles. The highest BCUT2D eigenvalue weighted by molar-refractivity contribution is 7.71. The van der Waals surface area contributed by atoms with Crippen LogP contribution in [0.2, 0.25) is 0 Å². The Morgan fingerprint density at radius 2 is 2.00 bits per heavy atom. The van der Waals surface area contributed by atoms with E-state index in [1.807, 2.05) is 10.6 Å². The molecule has 0 atom stereocenters. The van der Waals surface area contributed by atoms with E-state index in [0.29, 0.717) is 10.7 Å². The van der Waals surface area contributed by atoms with Gasteiger partial charge in [-0.05, 0) is 40.7 Å². The van der Waals surface area contributed by atoms with Crippen LogP contribution < -0.4 is 0 Å². The van der Waals surface area contributed by atoms with Gasteiger partial charge in [0, 0.05) is 0 Å². The van der Waals surface area contributed by atoms with E-state index >= 15 is 0 Å². The molecule has 2 aromatic heterocycles. The average Bonchev–Trinajstić information content (AvgIpc) is 3.10. The number of thiophene rings is 1. The van der Waals surface area contributed by atoms with Crippen molar-refractivity contribution < 1.29 is 0 Å². The second-order valence-corrected chi connectivity index (χ2v) is 6.65. The Bertz CT molecular complexity index is 765. The lowest BCUT2D eigenvalue weighted by molar-refractivity contribution is 0.789. The van der Waals surface area contributed by atoms with Crippen molar-refractivity contribution in [2.75, 3.05) is 0 Å². The molecule has 0 saturated carbocycles. The Morgan fingerprint density at radius 1 is 1.24 bits per heavy atom. The molecule has 108 valence electrons. The molecule has 1 aromatic carbocycles. The first-order valence-corrected chi connectivity index (χ1v) is 8.22. The summed E-state index contributed by atoms with van der Waals surface area (Å²) in [4.78, 5) is 1.13. The second kappa shape index (κ2) is 5.95. The van der Waals surface area contributed by atoms with Crippen LogP contribution in [0.4, 0.5) is 0 Å². The Balaban J connectivity index is 1.92. The average molecular weight is 315 g/mol. The van der Waals surface area contributed by atoms with Gasteiger partial charge in [-0.25, -0.2) is 0 Å². The first kappa shape index (κ1) is 14.2. The Hall–Kier alpha value is -1.72. The van der Waals surface area contributed by atoms with Gasteiger partial charge in [0.15, 0.2) is 10.6 Å². The molecule has 0 radical (unpaired) electrons. The van der Waals surface area contributed by atoms with Crippen molar-refractivity contribution in [1.29, 1.82) is 0 Å². The Labute approximate surface area is 133 Å². The SMILES string of the molecule is CC(C)c1ccc(Cn2c(-c3cccs3)n[nH]c2=S)cc1. The largest absolute Gasteiger partial charge is 0.295 e. The number of nitrogens with zero attached hydrogens (tertiary/aromatic N) is 2. The zero-order valence-corrected chi connectivity index (χ0v) is 13.7. The molecule has 21 heavy (non-hydrogen) atoms. The van der Waals surface area contributed by atoms with Crippen LogP contribution in [0.15, 0.2) is 41.8 Å². The number of H-pyrrole nitrogens is 1. The molecule has 0 spiro atoms. The molecule has 3 nitrogen and oxygen atoms in total. The standard InChI is InChI=1S/C16H17N3S2/c1-11(2)13-7-5-12(6-8-13)10-19-15(17-18-16(19)20)14-4-3-9-21-14/h3-9,11H,10H2,1-2H3,(H,18,20). The molecule has 1 N–H and O–H groups in total. The summed E-state index contributed by atoms with van der Waals surface area (Å²) in [5.41, 5.74) is 2.59. The first-order chi connectivity index (χ1) is 10.1. The van der Waals surface area contributed by atoms with Crippen LogP contribution >= 0.6 is 23.6 Å². The summed E-state index contributed by atoms with van der Waals surface area (Å²) >= 11 is 7.03. The van der Waals surface area contributed by atoms with Gasteiger partial charge in [0.2, 0.25) is 0 Å². The highest BCUT2D eigenvalue weighted by Crippen LogP contribution is 2.24. The van der Waals surface area contributed by atoms with Crippen LogP contribution in [0.5, 0.6) is 0 Å². The highest BCUT2D eigenvalue weighted by atomic mass is 32.1. The lowest BCUT2D eigenvalue weighted by atomic mass is 10.0. The second-order valence-electron chi connectivity index (χ2n) is 5.31. The molecule has 3 rings (SSSR count). The van der Waals surface area contributed by atoms with E-state index in [0.717, 1.165) is 17.2 Å². The zero-order chi connectivity index (χ0) is 14.8. The maximum Gasteiger partial charge on any atom is 0.195 e. The van der Waals surface area contributed by atoms with Gasteiger partial charge in [0.1, 0.15) is 0 Å². The smallest absolute Gasteiger partial charge is 0.195 e. The fourth-order valence-electron chi connectivity index (χ4n) is 2.25. The third-order valence-corrected chi connectivity index (χ3v) is 4.66. The number of benzene rings is 1. The summed E-state index contributed by atoms with van der Waals surface area (Å²) in [5.74, 6) is 1.46. The van der Waals surface area contributed by atoms with E-state index in [2.05, 4.69) is 59.8 Å². The quantitative estimate of drug-likeness (QED) is 0.699. The molecule has 2 heterocycles. The van der Waals surface area contributed by atoms with Gasteiger partial charge in [0.05, 0.1) is 11.4 Å². The Morgan fingerprint density at radius 3 is 2.62 bits per heavy atom. The van der Waals surface area contributed by atoms with Crippen LogP contribution in [0.3, 0.4) is 0 Å². The van der Waals surface area contributed by atoms with Gasteiger partial charge >= 0.3 is 0 Å². The van der Waals surface area contributed by atoms with Crippen molar-refractivity contribution >= 4 is 23.6 Å². The van der Waals surface area contributed by atoms with Crippen molar-refractivity contribution in [3.05, 3.63) is 57.7 Å². The molecule has 0 aliphatic carbocycles. The van der Waals surface area contributed by atoms with Crippen molar-refractivity contribution in [1.82, 2.24) is 14.8 Å². The number of nitrogens with one attached hydrogen (secondary N) is 1. The molecule has 3 aromatic rings. The third kappa shape index (κ3) is 2.99. The first-order valence-electron chi connectivity index (χ1n) is 6.93. The maximum atomic E-state index is 5.36. The van der Waals surface area contributed by atoms with Gasteiger partial charge in [-0.15, -0.1) is 11.3 Å². The normalized spacial score (nSPS) is 11.2. The number of rotatable bonds is 4. The molecule has 0 fully saturated rings. The van der Waals surface area contributed by atoms with Gasteiger partial charge in [-0.1, -0.05) is 44.2 Å². The van der Waals surface area contributed by atoms with Crippen LogP contribution in [0.25, 0.3) is 10.7 Å². The molecule has 0 amide bonds. The predicted octanol–water partition coefficient (Wildman–Crippen LogP) is 4.84. The van der Waals surface area contributed by atoms with Crippen LogP contribution in [-0.2, 0) is 6.54 Å². The van der Waals surface area contributed by atoms with Crippen molar-refractivity contribution in [2.24, 2.45) is 0 Å². The number of aromatic amines is 1. The molecule has 0 aliphatic rings. The molecular weight excluding hydrogens is 298 g/mol. The fourth-order valence-corrected chi connectivity index (χ4v) is 3.17. The van der Waals surface area contributed by atoms with Crippen LogP contribution in [0.1, 0.15) is 30.9 Å². The third-order valence-electron chi connectivity index (χ3n) is 3.49. The summed E-state index contributed by atoms with van der Waals surface area (Å²) in [6.07, 6.45) is 0. The van der Waals surface area contributed by atoms with E-state index < -0.39 is 0 Å². The lowest BCUT2D eigenvalue weighted by Gasteiger charge is -2.09. The highest BCUT2D eigenvalue weighted by Gasteiger charge is 2.10. The van der Waals surface area contributed by atoms with Gasteiger partial charge in [0.25, 0.3) is 0 Å².